The summed E-state index contributed by atoms with van der Waals surface area (Å²) in [5.41, 5.74) is 2.58. The van der Waals surface area contributed by atoms with Gasteiger partial charge < -0.3 is 15.2 Å². The molecule has 186 valence electrons. The van der Waals surface area contributed by atoms with Crippen LogP contribution in [0.25, 0.3) is 10.9 Å². The van der Waals surface area contributed by atoms with Gasteiger partial charge in [0.05, 0.1) is 0 Å². The number of carbonyl (C=O) groups is 2. The predicted molar refractivity (Wildman–Crippen MR) is 139 cm³/mol. The van der Waals surface area contributed by atoms with E-state index in [1.165, 1.54) is 23.8 Å². The van der Waals surface area contributed by atoms with Crippen LogP contribution in [-0.2, 0) is 16.0 Å². The molecule has 1 aliphatic heterocycles. The van der Waals surface area contributed by atoms with Crippen LogP contribution in [0.5, 0.6) is 0 Å². The molecular weight excluding hydrogens is 434 g/mol. The van der Waals surface area contributed by atoms with E-state index in [9.17, 15) is 9.59 Å². The molecule has 1 aromatic carbocycles. The van der Waals surface area contributed by atoms with E-state index in [0.29, 0.717) is 30.3 Å². The van der Waals surface area contributed by atoms with E-state index in [1.807, 2.05) is 24.2 Å². The number of fused-ring (bicyclic) bond motifs is 6. The fraction of sp³-hybridized carbons (Fsp3) is 0.600. The van der Waals surface area contributed by atoms with Crippen molar-refractivity contribution in [3.05, 3.63) is 48.2 Å². The highest BCUT2D eigenvalue weighted by Crippen LogP contribution is 2.65. The largest absolute Gasteiger partial charge is 0.361 e. The van der Waals surface area contributed by atoms with Crippen LogP contribution in [0, 0.1) is 34.5 Å². The quantitative estimate of drug-likeness (QED) is 0.650. The van der Waals surface area contributed by atoms with E-state index in [1.54, 1.807) is 0 Å². The Kier molecular flexibility index (Phi) is 5.39. The number of nitrogens with zero attached hydrogens (tertiary/aromatic N) is 1. The molecule has 5 nitrogen and oxygen atoms in total. The van der Waals surface area contributed by atoms with Crippen LogP contribution in [0.1, 0.15) is 57.9 Å². The van der Waals surface area contributed by atoms with Crippen molar-refractivity contribution >= 4 is 22.7 Å². The predicted octanol–water partition coefficient (Wildman–Crippen LogP) is 5.08. The molecule has 2 aromatic rings. The third-order valence-electron chi connectivity index (χ3n) is 10.8. The van der Waals surface area contributed by atoms with Crippen molar-refractivity contribution < 1.29 is 9.59 Å². The van der Waals surface area contributed by atoms with Crippen molar-refractivity contribution in [3.63, 3.8) is 0 Å². The SMILES string of the molecule is CN1C(=O)C=C[C@]2(C)[C@H]3CC[C@]4(C)[C@@H](C(=O)NCCc5ccc6[nH]ccc6c5)CC[C@H]4[C@@H]3CC[C@@H]12. The first kappa shape index (κ1) is 22.9. The number of H-pyrrole nitrogens is 1. The Balaban J connectivity index is 1.13. The zero-order valence-corrected chi connectivity index (χ0v) is 21.3. The summed E-state index contributed by atoms with van der Waals surface area (Å²) in [5, 5.41) is 4.53. The van der Waals surface area contributed by atoms with Gasteiger partial charge in [-0.2, -0.15) is 0 Å². The van der Waals surface area contributed by atoms with Gasteiger partial charge in [0, 0.05) is 42.7 Å². The van der Waals surface area contributed by atoms with Crippen molar-refractivity contribution in [1.82, 2.24) is 15.2 Å². The molecule has 4 aliphatic rings. The number of benzene rings is 1. The number of nitrogens with one attached hydrogen (secondary N) is 2. The molecule has 5 heteroatoms. The molecule has 0 saturated heterocycles. The van der Waals surface area contributed by atoms with Crippen LogP contribution in [-0.4, -0.2) is 41.3 Å². The lowest BCUT2D eigenvalue weighted by Gasteiger charge is -2.60. The highest BCUT2D eigenvalue weighted by atomic mass is 16.2. The molecule has 2 amide bonds. The normalized spacial score (nSPS) is 38.2. The lowest BCUT2D eigenvalue weighted by atomic mass is 9.47. The van der Waals surface area contributed by atoms with Crippen LogP contribution < -0.4 is 5.32 Å². The van der Waals surface area contributed by atoms with Crippen molar-refractivity contribution in [2.75, 3.05) is 13.6 Å². The van der Waals surface area contributed by atoms with Crippen LogP contribution in [0.4, 0.5) is 0 Å². The van der Waals surface area contributed by atoms with Crippen molar-refractivity contribution in [2.45, 2.75) is 64.8 Å². The van der Waals surface area contributed by atoms with Crippen molar-refractivity contribution in [2.24, 2.45) is 34.5 Å². The molecule has 2 heterocycles. The van der Waals surface area contributed by atoms with Gasteiger partial charge in [-0.05, 0) is 103 Å². The van der Waals surface area contributed by atoms with Gasteiger partial charge in [-0.25, -0.2) is 0 Å². The number of likely N-dealkylation sites (N-methyl/N-ethyl adjacent to an activating group) is 1. The Hall–Kier alpha value is -2.56. The zero-order chi connectivity index (χ0) is 24.4. The minimum absolute atomic E-state index is 0.0633. The zero-order valence-electron chi connectivity index (χ0n) is 21.3. The summed E-state index contributed by atoms with van der Waals surface area (Å²) in [6, 6.07) is 8.91. The van der Waals surface area contributed by atoms with Gasteiger partial charge in [-0.15, -0.1) is 0 Å². The standard InChI is InChI=1S/C30H39N3O2/c1-29-14-10-23-21(5-9-26-30(23,2)15-11-27(34)33(26)3)22(29)6-7-24(29)28(35)32-16-12-19-4-8-25-20(18-19)13-17-31-25/h4,8,11,13,15,17-18,21-24,26,31H,5-7,9-10,12,14,16H2,1-3H3,(H,32,35)/t21-,22-,23-,24+,26+,29-,30+/m0/s1. The Bertz CT molecular complexity index is 1180. The van der Waals surface area contributed by atoms with E-state index in [2.05, 4.69) is 54.5 Å². The highest BCUT2D eigenvalue weighted by Gasteiger charge is 2.61. The van der Waals surface area contributed by atoms with Gasteiger partial charge in [0.15, 0.2) is 0 Å². The number of hydrogen-bond acceptors (Lipinski definition) is 2. The first-order valence-corrected chi connectivity index (χ1v) is 13.6. The van der Waals surface area contributed by atoms with Gasteiger partial charge in [-0.1, -0.05) is 26.0 Å². The molecule has 3 saturated carbocycles. The topological polar surface area (TPSA) is 65.2 Å². The molecule has 3 aliphatic carbocycles. The maximum absolute atomic E-state index is 13.4. The summed E-state index contributed by atoms with van der Waals surface area (Å²) in [7, 11) is 1.98. The van der Waals surface area contributed by atoms with Crippen LogP contribution in [0.15, 0.2) is 42.6 Å². The molecule has 6 rings (SSSR count). The summed E-state index contributed by atoms with van der Waals surface area (Å²) in [5.74, 6) is 2.42. The third kappa shape index (κ3) is 3.48. The lowest BCUT2D eigenvalue weighted by molar-refractivity contribution is -0.142. The molecule has 7 atom stereocenters. The lowest BCUT2D eigenvalue weighted by Crippen LogP contribution is -2.59. The van der Waals surface area contributed by atoms with Gasteiger partial charge in [0.25, 0.3) is 0 Å². The molecule has 35 heavy (non-hydrogen) atoms. The molecule has 0 bridgehead atoms. The minimum atomic E-state index is 0.0633. The first-order valence-electron chi connectivity index (χ1n) is 13.6. The van der Waals surface area contributed by atoms with E-state index < -0.39 is 0 Å². The minimum Gasteiger partial charge on any atom is -0.361 e. The van der Waals surface area contributed by atoms with Crippen LogP contribution in [0.3, 0.4) is 0 Å². The summed E-state index contributed by atoms with van der Waals surface area (Å²) >= 11 is 0. The first-order chi connectivity index (χ1) is 16.8. The number of aromatic amines is 1. The maximum Gasteiger partial charge on any atom is 0.246 e. The number of hydrogen-bond donors (Lipinski definition) is 2. The smallest absolute Gasteiger partial charge is 0.246 e. The van der Waals surface area contributed by atoms with E-state index in [-0.39, 0.29) is 28.6 Å². The average Bonchev–Trinajstić information content (AvgIpc) is 3.45. The number of carbonyl (C=O) groups excluding carboxylic acids is 2. The summed E-state index contributed by atoms with van der Waals surface area (Å²) in [6.07, 6.45) is 13.6. The third-order valence-corrected chi connectivity index (χ3v) is 10.8. The Morgan fingerprint density at radius 1 is 1.11 bits per heavy atom. The second-order valence-corrected chi connectivity index (χ2v) is 12.2. The van der Waals surface area contributed by atoms with Crippen molar-refractivity contribution in [3.8, 4) is 0 Å². The number of amides is 2. The molecule has 3 fully saturated rings. The Morgan fingerprint density at radius 2 is 1.97 bits per heavy atom. The molecule has 0 unspecified atom stereocenters. The molecular formula is C30H39N3O2. The molecule has 1 aromatic heterocycles. The second kappa shape index (κ2) is 8.25. The van der Waals surface area contributed by atoms with Crippen LogP contribution >= 0.6 is 0 Å². The monoisotopic (exact) mass is 473 g/mol. The summed E-state index contributed by atoms with van der Waals surface area (Å²) < 4.78 is 0. The average molecular weight is 474 g/mol. The molecule has 0 spiro atoms. The molecule has 2 N–H and O–H groups in total. The summed E-state index contributed by atoms with van der Waals surface area (Å²) in [6.45, 7) is 5.50. The molecule has 0 radical (unpaired) electrons. The maximum atomic E-state index is 13.4. The fourth-order valence-corrected chi connectivity index (χ4v) is 8.88. The van der Waals surface area contributed by atoms with Crippen molar-refractivity contribution in [1.29, 1.82) is 0 Å². The number of rotatable bonds is 4. The van der Waals surface area contributed by atoms with Crippen LogP contribution in [0.2, 0.25) is 0 Å². The second-order valence-electron chi connectivity index (χ2n) is 12.2. The Labute approximate surface area is 208 Å². The highest BCUT2D eigenvalue weighted by molar-refractivity contribution is 5.89. The number of aromatic nitrogens is 1. The Morgan fingerprint density at radius 3 is 2.83 bits per heavy atom. The summed E-state index contributed by atoms with van der Waals surface area (Å²) in [4.78, 5) is 31.0. The van der Waals surface area contributed by atoms with E-state index >= 15 is 0 Å². The van der Waals surface area contributed by atoms with Gasteiger partial charge in [-0.3, -0.25) is 9.59 Å². The van der Waals surface area contributed by atoms with E-state index in [4.69, 9.17) is 0 Å². The fourth-order valence-electron chi connectivity index (χ4n) is 8.88. The van der Waals surface area contributed by atoms with E-state index in [0.717, 1.165) is 37.6 Å². The van der Waals surface area contributed by atoms with Gasteiger partial charge >= 0.3 is 0 Å². The van der Waals surface area contributed by atoms with Gasteiger partial charge in [0.1, 0.15) is 0 Å². The van der Waals surface area contributed by atoms with Gasteiger partial charge in [0.2, 0.25) is 11.8 Å².